The first-order chi connectivity index (χ1) is 11.0. The zero-order chi connectivity index (χ0) is 16.2. The zero-order valence-corrected chi connectivity index (χ0v) is 15.3. The minimum atomic E-state index is 0.0256. The molecule has 0 unspecified atom stereocenters. The molecule has 0 spiro atoms. The van der Waals surface area contributed by atoms with Crippen LogP contribution < -0.4 is 0 Å². The standard InChI is InChI=1S/C20H34N2O/c1-21(2)17-6-4-5-7-18(17)22(3)19(23)20-11-14-8-15(12-20)10-16(9-14)13-20/h14-18H,4-13H2,1-3H3/t14?,15?,16?,17-,18-,20?/m1/s1. The lowest BCUT2D eigenvalue weighted by Gasteiger charge is -2.57. The highest BCUT2D eigenvalue weighted by atomic mass is 16.2. The van der Waals surface area contributed by atoms with E-state index < -0.39 is 0 Å². The van der Waals surface area contributed by atoms with E-state index in [2.05, 4.69) is 30.9 Å². The van der Waals surface area contributed by atoms with E-state index in [0.717, 1.165) is 17.8 Å². The fourth-order valence-corrected chi connectivity index (χ4v) is 7.04. The van der Waals surface area contributed by atoms with Gasteiger partial charge in [0.15, 0.2) is 0 Å². The summed E-state index contributed by atoms with van der Waals surface area (Å²) in [6, 6.07) is 0.978. The highest BCUT2D eigenvalue weighted by molar-refractivity contribution is 5.83. The highest BCUT2D eigenvalue weighted by Crippen LogP contribution is 2.60. The van der Waals surface area contributed by atoms with Crippen molar-refractivity contribution in [1.82, 2.24) is 9.80 Å². The van der Waals surface area contributed by atoms with Crippen molar-refractivity contribution in [2.24, 2.45) is 23.2 Å². The van der Waals surface area contributed by atoms with Crippen molar-refractivity contribution in [3.8, 4) is 0 Å². The van der Waals surface area contributed by atoms with Gasteiger partial charge in [0.2, 0.25) is 5.91 Å². The van der Waals surface area contributed by atoms with E-state index in [0.29, 0.717) is 18.0 Å². The molecule has 0 aromatic heterocycles. The first-order valence-corrected chi connectivity index (χ1v) is 9.92. The number of carbonyl (C=O) groups excluding carboxylic acids is 1. The average Bonchev–Trinajstić information content (AvgIpc) is 2.52. The van der Waals surface area contributed by atoms with Gasteiger partial charge in [-0.3, -0.25) is 4.79 Å². The Kier molecular flexibility index (Phi) is 3.98. The molecule has 0 radical (unpaired) electrons. The molecule has 5 aliphatic carbocycles. The normalized spacial score (nSPS) is 45.5. The minimum Gasteiger partial charge on any atom is -0.341 e. The van der Waals surface area contributed by atoms with Crippen LogP contribution in [0.1, 0.15) is 64.2 Å². The Bertz CT molecular complexity index is 437. The lowest BCUT2D eigenvalue weighted by molar-refractivity contribution is -0.160. The molecule has 130 valence electrons. The lowest BCUT2D eigenvalue weighted by Crippen LogP contribution is -2.59. The third-order valence-electron chi connectivity index (χ3n) is 7.67. The monoisotopic (exact) mass is 318 g/mol. The molecule has 3 heteroatoms. The molecule has 5 rings (SSSR count). The molecule has 5 aliphatic rings. The lowest BCUT2D eigenvalue weighted by atomic mass is 9.49. The molecule has 5 fully saturated rings. The molecule has 0 aromatic carbocycles. The number of hydrogen-bond acceptors (Lipinski definition) is 2. The second kappa shape index (κ2) is 5.75. The summed E-state index contributed by atoms with van der Waals surface area (Å²) in [6.07, 6.45) is 12.9. The van der Waals surface area contributed by atoms with Crippen molar-refractivity contribution < 1.29 is 4.79 Å². The van der Waals surface area contributed by atoms with Crippen LogP contribution in [0.25, 0.3) is 0 Å². The van der Waals surface area contributed by atoms with Gasteiger partial charge in [0, 0.05) is 19.1 Å². The van der Waals surface area contributed by atoms with E-state index in [-0.39, 0.29) is 5.41 Å². The van der Waals surface area contributed by atoms with Gasteiger partial charge in [-0.05, 0) is 83.2 Å². The molecule has 0 saturated heterocycles. The molecule has 1 amide bonds. The molecule has 0 aromatic rings. The Morgan fingerprint density at radius 1 is 0.826 bits per heavy atom. The molecule has 23 heavy (non-hydrogen) atoms. The van der Waals surface area contributed by atoms with Crippen molar-refractivity contribution in [2.45, 2.75) is 76.3 Å². The molecule has 5 saturated carbocycles. The van der Waals surface area contributed by atoms with Gasteiger partial charge < -0.3 is 9.80 Å². The third kappa shape index (κ3) is 2.63. The maximum atomic E-state index is 13.6. The summed E-state index contributed by atoms with van der Waals surface area (Å²) in [5, 5.41) is 0. The number of nitrogens with zero attached hydrogens (tertiary/aromatic N) is 2. The Morgan fingerprint density at radius 2 is 1.30 bits per heavy atom. The molecular weight excluding hydrogens is 284 g/mol. The summed E-state index contributed by atoms with van der Waals surface area (Å²) in [5.74, 6) is 3.08. The SMILES string of the molecule is CN(C)[C@@H]1CCCC[C@H]1N(C)C(=O)C12CC3CC(CC(C3)C1)C2. The summed E-state index contributed by atoms with van der Waals surface area (Å²) < 4.78 is 0. The summed E-state index contributed by atoms with van der Waals surface area (Å²) in [4.78, 5) is 18.1. The zero-order valence-electron chi connectivity index (χ0n) is 15.3. The molecule has 2 atom stereocenters. The van der Waals surface area contributed by atoms with Crippen LogP contribution in [-0.4, -0.2) is 48.9 Å². The van der Waals surface area contributed by atoms with Gasteiger partial charge in [0.1, 0.15) is 0 Å². The smallest absolute Gasteiger partial charge is 0.228 e. The quantitative estimate of drug-likeness (QED) is 0.795. The van der Waals surface area contributed by atoms with Crippen LogP contribution in [-0.2, 0) is 4.79 Å². The highest BCUT2D eigenvalue weighted by Gasteiger charge is 2.56. The fourth-order valence-electron chi connectivity index (χ4n) is 7.04. The van der Waals surface area contributed by atoms with Crippen LogP contribution >= 0.6 is 0 Å². The Morgan fingerprint density at radius 3 is 1.78 bits per heavy atom. The second-order valence-corrected chi connectivity index (χ2v) is 9.50. The number of hydrogen-bond donors (Lipinski definition) is 0. The molecule has 0 aliphatic heterocycles. The van der Waals surface area contributed by atoms with Crippen LogP contribution in [0.4, 0.5) is 0 Å². The van der Waals surface area contributed by atoms with Crippen LogP contribution in [0.5, 0.6) is 0 Å². The summed E-state index contributed by atoms with van der Waals surface area (Å²) in [6.45, 7) is 0. The predicted octanol–water partition coefficient (Wildman–Crippen LogP) is 3.53. The molecule has 3 nitrogen and oxygen atoms in total. The number of rotatable bonds is 3. The van der Waals surface area contributed by atoms with Crippen molar-refractivity contribution in [1.29, 1.82) is 0 Å². The Balaban J connectivity index is 1.54. The number of amides is 1. The molecule has 4 bridgehead atoms. The third-order valence-corrected chi connectivity index (χ3v) is 7.67. The van der Waals surface area contributed by atoms with Gasteiger partial charge in [-0.2, -0.15) is 0 Å². The summed E-state index contributed by atoms with van der Waals surface area (Å²) >= 11 is 0. The van der Waals surface area contributed by atoms with Gasteiger partial charge in [-0.25, -0.2) is 0 Å². The topological polar surface area (TPSA) is 23.6 Å². The first-order valence-electron chi connectivity index (χ1n) is 9.92. The van der Waals surface area contributed by atoms with Crippen molar-refractivity contribution in [3.05, 3.63) is 0 Å². The summed E-state index contributed by atoms with van der Waals surface area (Å²) in [5.41, 5.74) is 0.0256. The Hall–Kier alpha value is -0.570. The summed E-state index contributed by atoms with van der Waals surface area (Å²) in [7, 11) is 6.49. The number of carbonyl (C=O) groups is 1. The van der Waals surface area contributed by atoms with Crippen molar-refractivity contribution in [2.75, 3.05) is 21.1 Å². The van der Waals surface area contributed by atoms with Gasteiger partial charge in [-0.15, -0.1) is 0 Å². The average molecular weight is 319 g/mol. The van der Waals surface area contributed by atoms with Gasteiger partial charge in [0.25, 0.3) is 0 Å². The van der Waals surface area contributed by atoms with E-state index in [4.69, 9.17) is 0 Å². The van der Waals surface area contributed by atoms with E-state index >= 15 is 0 Å². The number of likely N-dealkylation sites (N-methyl/N-ethyl adjacent to an activating group) is 2. The Labute approximate surface area is 141 Å². The molecular formula is C20H34N2O. The maximum absolute atomic E-state index is 13.6. The van der Waals surface area contributed by atoms with Crippen LogP contribution in [0.2, 0.25) is 0 Å². The van der Waals surface area contributed by atoms with E-state index in [9.17, 15) is 4.79 Å². The fraction of sp³-hybridized carbons (Fsp3) is 0.950. The van der Waals surface area contributed by atoms with E-state index in [1.54, 1.807) is 0 Å². The molecule has 0 heterocycles. The van der Waals surface area contributed by atoms with Crippen LogP contribution in [0.15, 0.2) is 0 Å². The van der Waals surface area contributed by atoms with Crippen LogP contribution in [0.3, 0.4) is 0 Å². The minimum absolute atomic E-state index is 0.0256. The predicted molar refractivity (Wildman–Crippen MR) is 93.1 cm³/mol. The largest absolute Gasteiger partial charge is 0.341 e. The van der Waals surface area contributed by atoms with Gasteiger partial charge in [0.05, 0.1) is 5.41 Å². The maximum Gasteiger partial charge on any atom is 0.228 e. The van der Waals surface area contributed by atoms with E-state index in [1.807, 2.05) is 0 Å². The first kappa shape index (κ1) is 15.9. The van der Waals surface area contributed by atoms with Crippen molar-refractivity contribution >= 4 is 5.91 Å². The second-order valence-electron chi connectivity index (χ2n) is 9.50. The van der Waals surface area contributed by atoms with Crippen molar-refractivity contribution in [3.63, 3.8) is 0 Å². The van der Waals surface area contributed by atoms with Gasteiger partial charge in [-0.1, -0.05) is 12.8 Å². The van der Waals surface area contributed by atoms with E-state index in [1.165, 1.54) is 64.2 Å². The van der Waals surface area contributed by atoms with Crippen LogP contribution in [0, 0.1) is 23.2 Å². The van der Waals surface area contributed by atoms with Gasteiger partial charge >= 0.3 is 0 Å². The molecule has 0 N–H and O–H groups in total.